The summed E-state index contributed by atoms with van der Waals surface area (Å²) in [6.07, 6.45) is 0.633. The van der Waals surface area contributed by atoms with E-state index in [-0.39, 0.29) is 11.7 Å². The highest BCUT2D eigenvalue weighted by Crippen LogP contribution is 2.25. The van der Waals surface area contributed by atoms with Crippen LogP contribution in [-0.2, 0) is 16.0 Å². The predicted molar refractivity (Wildman–Crippen MR) is 118 cm³/mol. The van der Waals surface area contributed by atoms with Gasteiger partial charge in [0.15, 0.2) is 5.16 Å². The Morgan fingerprint density at radius 3 is 2.37 bits per heavy atom. The van der Waals surface area contributed by atoms with Gasteiger partial charge in [-0.3, -0.25) is 9.36 Å². The summed E-state index contributed by atoms with van der Waals surface area (Å²) in [7, 11) is 0. The lowest BCUT2D eigenvalue weighted by molar-refractivity contribution is -0.151. The SMILES string of the molecule is CCOc1ccc(-n2c(Cc3ccccc3)nnc2SCC(=O)OC(C)(C)C)cc1. The highest BCUT2D eigenvalue weighted by Gasteiger charge is 2.20. The number of carbonyl (C=O) groups is 1. The number of carbonyl (C=O) groups excluding carboxylic acids is 1. The third kappa shape index (κ3) is 6.10. The van der Waals surface area contributed by atoms with Crippen LogP contribution in [0.15, 0.2) is 59.8 Å². The molecule has 2 aromatic carbocycles. The molecule has 158 valence electrons. The normalized spacial score (nSPS) is 11.3. The fourth-order valence-electron chi connectivity index (χ4n) is 2.90. The summed E-state index contributed by atoms with van der Waals surface area (Å²) < 4.78 is 13.0. The molecule has 0 atom stereocenters. The molecule has 3 rings (SSSR count). The number of rotatable bonds is 8. The molecule has 0 aliphatic heterocycles. The van der Waals surface area contributed by atoms with Crippen molar-refractivity contribution < 1.29 is 14.3 Å². The number of hydrogen-bond donors (Lipinski definition) is 0. The summed E-state index contributed by atoms with van der Waals surface area (Å²) in [4.78, 5) is 12.2. The molecule has 0 amide bonds. The molecule has 0 fully saturated rings. The van der Waals surface area contributed by atoms with E-state index in [1.54, 1.807) is 0 Å². The van der Waals surface area contributed by atoms with Gasteiger partial charge >= 0.3 is 5.97 Å². The van der Waals surface area contributed by atoms with Crippen LogP contribution in [0.3, 0.4) is 0 Å². The molecule has 1 aromatic heterocycles. The van der Waals surface area contributed by atoms with Crippen molar-refractivity contribution in [1.82, 2.24) is 14.8 Å². The summed E-state index contributed by atoms with van der Waals surface area (Å²) in [6, 6.07) is 17.9. The summed E-state index contributed by atoms with van der Waals surface area (Å²) in [6.45, 7) is 8.14. The Kier molecular flexibility index (Phi) is 7.15. The third-order valence-corrected chi connectivity index (χ3v) is 4.95. The van der Waals surface area contributed by atoms with Crippen LogP contribution in [0.1, 0.15) is 39.1 Å². The maximum Gasteiger partial charge on any atom is 0.316 e. The quantitative estimate of drug-likeness (QED) is 0.385. The number of esters is 1. The highest BCUT2D eigenvalue weighted by atomic mass is 32.2. The fraction of sp³-hybridized carbons (Fsp3) is 0.348. The number of thioether (sulfide) groups is 1. The lowest BCUT2D eigenvalue weighted by Crippen LogP contribution is -2.25. The molecule has 0 saturated carbocycles. The Bertz CT molecular complexity index is 964. The van der Waals surface area contributed by atoms with Gasteiger partial charge < -0.3 is 9.47 Å². The molecule has 0 spiro atoms. The molecule has 0 aliphatic rings. The van der Waals surface area contributed by atoms with Crippen LogP contribution in [0.2, 0.25) is 0 Å². The van der Waals surface area contributed by atoms with Gasteiger partial charge in [0.25, 0.3) is 0 Å². The Hall–Kier alpha value is -2.80. The summed E-state index contributed by atoms with van der Waals surface area (Å²) in [5.74, 6) is 1.50. The minimum Gasteiger partial charge on any atom is -0.494 e. The molecule has 0 bridgehead atoms. The van der Waals surface area contributed by atoms with Gasteiger partial charge in [-0.15, -0.1) is 10.2 Å². The zero-order chi connectivity index (χ0) is 21.6. The fourth-order valence-corrected chi connectivity index (χ4v) is 3.64. The number of nitrogens with zero attached hydrogens (tertiary/aromatic N) is 3. The zero-order valence-corrected chi connectivity index (χ0v) is 18.6. The molecule has 30 heavy (non-hydrogen) atoms. The van der Waals surface area contributed by atoms with Gasteiger partial charge in [-0.2, -0.15) is 0 Å². The molecule has 0 aliphatic carbocycles. The molecule has 0 unspecified atom stereocenters. The van der Waals surface area contributed by atoms with E-state index < -0.39 is 5.60 Å². The van der Waals surface area contributed by atoms with Crippen molar-refractivity contribution in [3.8, 4) is 11.4 Å². The molecular weight excluding hydrogens is 398 g/mol. The molecular formula is C23H27N3O3S. The maximum atomic E-state index is 12.2. The van der Waals surface area contributed by atoms with E-state index in [1.165, 1.54) is 11.8 Å². The van der Waals surface area contributed by atoms with E-state index in [1.807, 2.05) is 74.7 Å². The molecule has 0 N–H and O–H groups in total. The van der Waals surface area contributed by atoms with E-state index in [9.17, 15) is 4.79 Å². The Morgan fingerprint density at radius 1 is 1.03 bits per heavy atom. The molecule has 0 saturated heterocycles. The van der Waals surface area contributed by atoms with Crippen molar-refractivity contribution in [3.05, 3.63) is 66.0 Å². The Morgan fingerprint density at radius 2 is 1.73 bits per heavy atom. The van der Waals surface area contributed by atoms with Crippen molar-refractivity contribution in [2.45, 2.75) is 44.9 Å². The van der Waals surface area contributed by atoms with Crippen LogP contribution >= 0.6 is 11.8 Å². The van der Waals surface area contributed by atoms with E-state index in [4.69, 9.17) is 9.47 Å². The topological polar surface area (TPSA) is 66.2 Å². The largest absolute Gasteiger partial charge is 0.494 e. The molecule has 0 radical (unpaired) electrons. The third-order valence-electron chi connectivity index (χ3n) is 4.05. The lowest BCUT2D eigenvalue weighted by Gasteiger charge is -2.19. The van der Waals surface area contributed by atoms with Gasteiger partial charge in [0.2, 0.25) is 0 Å². The van der Waals surface area contributed by atoms with Gasteiger partial charge in [-0.1, -0.05) is 42.1 Å². The second-order valence-corrected chi connectivity index (χ2v) is 8.64. The summed E-state index contributed by atoms with van der Waals surface area (Å²) in [5, 5.41) is 9.41. The number of benzene rings is 2. The monoisotopic (exact) mass is 425 g/mol. The standard InChI is InChI=1S/C23H27N3O3S/c1-5-28-19-13-11-18(12-14-19)26-20(15-17-9-7-6-8-10-17)24-25-22(26)30-16-21(27)29-23(2,3)4/h6-14H,5,15-16H2,1-4H3. The van der Waals surface area contributed by atoms with Crippen molar-refractivity contribution >= 4 is 17.7 Å². The first-order valence-corrected chi connectivity index (χ1v) is 10.9. The maximum absolute atomic E-state index is 12.2. The molecule has 3 aromatic rings. The van der Waals surface area contributed by atoms with Crippen LogP contribution in [-0.4, -0.2) is 38.7 Å². The smallest absolute Gasteiger partial charge is 0.316 e. The second kappa shape index (κ2) is 9.80. The van der Waals surface area contributed by atoms with Gasteiger partial charge in [-0.25, -0.2) is 0 Å². The van der Waals surface area contributed by atoms with E-state index >= 15 is 0 Å². The van der Waals surface area contributed by atoms with Crippen molar-refractivity contribution in [3.63, 3.8) is 0 Å². The van der Waals surface area contributed by atoms with E-state index in [0.717, 1.165) is 22.8 Å². The van der Waals surface area contributed by atoms with Gasteiger partial charge in [0.05, 0.1) is 12.4 Å². The van der Waals surface area contributed by atoms with Crippen LogP contribution in [0.5, 0.6) is 5.75 Å². The van der Waals surface area contributed by atoms with E-state index in [0.29, 0.717) is 18.2 Å². The second-order valence-electron chi connectivity index (χ2n) is 7.70. The molecule has 6 nitrogen and oxygen atoms in total. The van der Waals surface area contributed by atoms with Crippen LogP contribution in [0.4, 0.5) is 0 Å². The Labute approximate surface area is 181 Å². The predicted octanol–water partition coefficient (Wildman–Crippen LogP) is 4.69. The first-order chi connectivity index (χ1) is 14.4. The van der Waals surface area contributed by atoms with Crippen LogP contribution in [0.25, 0.3) is 5.69 Å². The average molecular weight is 426 g/mol. The van der Waals surface area contributed by atoms with Crippen molar-refractivity contribution in [2.75, 3.05) is 12.4 Å². The van der Waals surface area contributed by atoms with Crippen molar-refractivity contribution in [1.29, 1.82) is 0 Å². The summed E-state index contributed by atoms with van der Waals surface area (Å²) in [5.41, 5.74) is 1.54. The zero-order valence-electron chi connectivity index (χ0n) is 17.8. The summed E-state index contributed by atoms with van der Waals surface area (Å²) >= 11 is 1.32. The van der Waals surface area contributed by atoms with Gasteiger partial charge in [0, 0.05) is 12.1 Å². The average Bonchev–Trinajstić information content (AvgIpc) is 3.09. The number of ether oxygens (including phenoxy) is 2. The van der Waals surface area contributed by atoms with Crippen molar-refractivity contribution in [2.24, 2.45) is 0 Å². The first-order valence-electron chi connectivity index (χ1n) is 9.92. The highest BCUT2D eigenvalue weighted by molar-refractivity contribution is 7.99. The minimum absolute atomic E-state index is 0.164. The molecule has 1 heterocycles. The lowest BCUT2D eigenvalue weighted by atomic mass is 10.1. The number of hydrogen-bond acceptors (Lipinski definition) is 6. The minimum atomic E-state index is -0.515. The van der Waals surface area contributed by atoms with Gasteiger partial charge in [-0.05, 0) is 57.5 Å². The van der Waals surface area contributed by atoms with E-state index in [2.05, 4.69) is 22.3 Å². The Balaban J connectivity index is 1.87. The number of aromatic nitrogens is 3. The van der Waals surface area contributed by atoms with Crippen LogP contribution in [0, 0.1) is 0 Å². The first kappa shape index (κ1) is 21.9. The van der Waals surface area contributed by atoms with Gasteiger partial charge in [0.1, 0.15) is 17.2 Å². The molecule has 7 heteroatoms. The van der Waals surface area contributed by atoms with Crippen LogP contribution < -0.4 is 4.74 Å².